The number of para-hydroxylation sites is 2. The van der Waals surface area contributed by atoms with Crippen molar-refractivity contribution in [2.24, 2.45) is 0 Å². The molecule has 0 aliphatic carbocycles. The van der Waals surface area contributed by atoms with Crippen LogP contribution in [0.25, 0.3) is 11.0 Å². The number of amides is 1. The molecule has 4 rings (SSSR count). The van der Waals surface area contributed by atoms with E-state index in [1.165, 1.54) is 11.1 Å². The third-order valence-corrected chi connectivity index (χ3v) is 6.35. The van der Waals surface area contributed by atoms with Crippen molar-refractivity contribution in [1.82, 2.24) is 14.9 Å². The number of aromatic nitrogens is 2. The summed E-state index contributed by atoms with van der Waals surface area (Å²) in [6.07, 6.45) is 3.83. The van der Waals surface area contributed by atoms with E-state index in [1.807, 2.05) is 12.1 Å². The molecule has 0 aliphatic heterocycles. The first kappa shape index (κ1) is 24.3. The van der Waals surface area contributed by atoms with Gasteiger partial charge in [0, 0.05) is 18.5 Å². The molecular formula is C29H33N3O3. The molecule has 0 saturated carbocycles. The Kier molecular flexibility index (Phi) is 8.03. The van der Waals surface area contributed by atoms with E-state index in [9.17, 15) is 4.79 Å². The van der Waals surface area contributed by atoms with Crippen LogP contribution >= 0.6 is 0 Å². The Bertz CT molecular complexity index is 1270. The molecule has 3 aromatic carbocycles. The maximum atomic E-state index is 12.5. The number of hydrogen-bond acceptors (Lipinski definition) is 4. The SMILES string of the molecule is COc1ccc(C(=O)NCCCCCc2nc3ccccc3n2C(C)c2ccccc2)cc1OC. The second kappa shape index (κ2) is 11.6. The van der Waals surface area contributed by atoms with E-state index in [2.05, 4.69) is 59.3 Å². The number of benzene rings is 3. The number of carbonyl (C=O) groups is 1. The van der Waals surface area contributed by atoms with Gasteiger partial charge >= 0.3 is 0 Å². The zero-order valence-electron chi connectivity index (χ0n) is 20.7. The highest BCUT2D eigenvalue weighted by atomic mass is 16.5. The quantitative estimate of drug-likeness (QED) is 0.281. The number of fused-ring (bicyclic) bond motifs is 1. The summed E-state index contributed by atoms with van der Waals surface area (Å²) in [7, 11) is 3.14. The van der Waals surface area contributed by atoms with Crippen LogP contribution in [0, 0.1) is 0 Å². The molecule has 6 nitrogen and oxygen atoms in total. The number of carbonyl (C=O) groups excluding carboxylic acids is 1. The first-order chi connectivity index (χ1) is 17.1. The number of hydrogen-bond donors (Lipinski definition) is 1. The van der Waals surface area contributed by atoms with Gasteiger partial charge in [0.1, 0.15) is 5.82 Å². The first-order valence-corrected chi connectivity index (χ1v) is 12.1. The van der Waals surface area contributed by atoms with Crippen molar-refractivity contribution >= 4 is 16.9 Å². The number of nitrogens with zero attached hydrogens (tertiary/aromatic N) is 2. The molecule has 35 heavy (non-hydrogen) atoms. The van der Waals surface area contributed by atoms with E-state index >= 15 is 0 Å². The lowest BCUT2D eigenvalue weighted by molar-refractivity contribution is 0.0952. The number of unbranched alkanes of at least 4 members (excludes halogenated alkanes) is 2. The standard InChI is InChI=1S/C29H33N3O3/c1-21(22-12-6-4-7-13-22)32-25-15-10-9-14-24(25)31-28(32)16-8-5-11-19-30-29(33)23-17-18-26(34-2)27(20-23)35-3/h4,6-7,9-10,12-15,17-18,20-21H,5,8,11,16,19H2,1-3H3,(H,30,33). The third-order valence-electron chi connectivity index (χ3n) is 6.35. The monoisotopic (exact) mass is 471 g/mol. The second-order valence-electron chi connectivity index (χ2n) is 8.61. The van der Waals surface area contributed by atoms with Gasteiger partial charge in [-0.3, -0.25) is 4.79 Å². The van der Waals surface area contributed by atoms with E-state index in [1.54, 1.807) is 32.4 Å². The van der Waals surface area contributed by atoms with E-state index in [0.29, 0.717) is 23.6 Å². The lowest BCUT2D eigenvalue weighted by atomic mass is 10.1. The summed E-state index contributed by atoms with van der Waals surface area (Å²) in [5.41, 5.74) is 4.04. The molecule has 0 aliphatic rings. The smallest absolute Gasteiger partial charge is 0.251 e. The van der Waals surface area contributed by atoms with Gasteiger partial charge in [0.05, 0.1) is 31.3 Å². The van der Waals surface area contributed by atoms with Crippen LogP contribution in [0.1, 0.15) is 54.0 Å². The van der Waals surface area contributed by atoms with Gasteiger partial charge in [-0.15, -0.1) is 0 Å². The van der Waals surface area contributed by atoms with E-state index in [-0.39, 0.29) is 11.9 Å². The van der Waals surface area contributed by atoms with Crippen LogP contribution in [0.4, 0.5) is 0 Å². The van der Waals surface area contributed by atoms with E-state index in [4.69, 9.17) is 14.5 Å². The fraction of sp³-hybridized carbons (Fsp3) is 0.310. The number of methoxy groups -OCH3 is 2. The molecule has 182 valence electrons. The van der Waals surface area contributed by atoms with Gasteiger partial charge in [-0.2, -0.15) is 0 Å². The van der Waals surface area contributed by atoms with Gasteiger partial charge in [0.25, 0.3) is 5.91 Å². The lowest BCUT2D eigenvalue weighted by Gasteiger charge is -2.18. The van der Waals surface area contributed by atoms with Gasteiger partial charge in [-0.05, 0) is 55.7 Å². The predicted octanol–water partition coefficient (Wildman–Crippen LogP) is 5.81. The largest absolute Gasteiger partial charge is 0.493 e. The molecule has 1 atom stereocenters. The van der Waals surface area contributed by atoms with Crippen LogP contribution in [0.5, 0.6) is 11.5 Å². The molecule has 0 saturated heterocycles. The molecule has 1 unspecified atom stereocenters. The molecule has 4 aromatic rings. The highest BCUT2D eigenvalue weighted by molar-refractivity contribution is 5.94. The molecule has 1 amide bonds. The number of imidazole rings is 1. The number of aryl methyl sites for hydroxylation is 1. The molecule has 1 heterocycles. The summed E-state index contributed by atoms with van der Waals surface area (Å²) in [4.78, 5) is 17.4. The Morgan fingerprint density at radius 3 is 2.43 bits per heavy atom. The fourth-order valence-corrected chi connectivity index (χ4v) is 4.45. The van der Waals surface area contributed by atoms with Crippen LogP contribution in [0.15, 0.2) is 72.8 Å². The normalized spacial score (nSPS) is 11.9. The Hall–Kier alpha value is -3.80. The average Bonchev–Trinajstić information content (AvgIpc) is 3.28. The summed E-state index contributed by atoms with van der Waals surface area (Å²) in [5, 5.41) is 3.00. The number of nitrogens with one attached hydrogen (secondary N) is 1. The molecule has 0 bridgehead atoms. The van der Waals surface area contributed by atoms with Crippen molar-refractivity contribution in [3.8, 4) is 11.5 Å². The zero-order chi connectivity index (χ0) is 24.6. The van der Waals surface area contributed by atoms with Crippen molar-refractivity contribution in [3.63, 3.8) is 0 Å². The van der Waals surface area contributed by atoms with Gasteiger partial charge in [-0.25, -0.2) is 4.98 Å². The minimum absolute atomic E-state index is 0.107. The Balaban J connectivity index is 1.32. The van der Waals surface area contributed by atoms with Gasteiger partial charge in [0.15, 0.2) is 11.5 Å². The molecule has 1 aromatic heterocycles. The highest BCUT2D eigenvalue weighted by Gasteiger charge is 2.17. The topological polar surface area (TPSA) is 65.4 Å². The van der Waals surface area contributed by atoms with Crippen LogP contribution < -0.4 is 14.8 Å². The summed E-state index contributed by atoms with van der Waals surface area (Å²) < 4.78 is 12.9. The highest BCUT2D eigenvalue weighted by Crippen LogP contribution is 2.28. The summed E-state index contributed by atoms with van der Waals surface area (Å²) in [5.74, 6) is 2.16. The summed E-state index contributed by atoms with van der Waals surface area (Å²) in [6.45, 7) is 2.86. The maximum Gasteiger partial charge on any atom is 0.251 e. The second-order valence-corrected chi connectivity index (χ2v) is 8.61. The predicted molar refractivity (Wildman–Crippen MR) is 139 cm³/mol. The first-order valence-electron chi connectivity index (χ1n) is 12.1. The fourth-order valence-electron chi connectivity index (χ4n) is 4.45. The summed E-state index contributed by atoms with van der Waals surface area (Å²) in [6, 6.07) is 24.3. The molecule has 6 heteroatoms. The van der Waals surface area contributed by atoms with Crippen LogP contribution in [0.3, 0.4) is 0 Å². The maximum absolute atomic E-state index is 12.5. The van der Waals surface area contributed by atoms with Gasteiger partial charge in [0.2, 0.25) is 0 Å². The number of rotatable bonds is 11. The third kappa shape index (κ3) is 5.65. The van der Waals surface area contributed by atoms with Crippen molar-refractivity contribution < 1.29 is 14.3 Å². The lowest BCUT2D eigenvalue weighted by Crippen LogP contribution is -2.24. The minimum atomic E-state index is -0.107. The van der Waals surface area contributed by atoms with E-state index < -0.39 is 0 Å². The molecule has 0 fully saturated rings. The Morgan fingerprint density at radius 1 is 0.914 bits per heavy atom. The van der Waals surface area contributed by atoms with Crippen molar-refractivity contribution in [1.29, 1.82) is 0 Å². The zero-order valence-corrected chi connectivity index (χ0v) is 20.7. The van der Waals surface area contributed by atoms with Crippen LogP contribution in [0.2, 0.25) is 0 Å². The Morgan fingerprint density at radius 2 is 1.66 bits per heavy atom. The van der Waals surface area contributed by atoms with Crippen molar-refractivity contribution in [3.05, 3.63) is 89.7 Å². The Labute approximate surface area is 206 Å². The molecular weight excluding hydrogens is 438 g/mol. The van der Waals surface area contributed by atoms with E-state index in [0.717, 1.165) is 37.0 Å². The van der Waals surface area contributed by atoms with Gasteiger partial charge in [-0.1, -0.05) is 48.9 Å². The van der Waals surface area contributed by atoms with Crippen molar-refractivity contribution in [2.45, 2.75) is 38.6 Å². The molecule has 0 spiro atoms. The minimum Gasteiger partial charge on any atom is -0.493 e. The molecule has 0 radical (unpaired) electrons. The summed E-state index contributed by atoms with van der Waals surface area (Å²) >= 11 is 0. The van der Waals surface area contributed by atoms with Crippen molar-refractivity contribution in [2.75, 3.05) is 20.8 Å². The van der Waals surface area contributed by atoms with Gasteiger partial charge < -0.3 is 19.4 Å². The van der Waals surface area contributed by atoms with Crippen LogP contribution in [-0.2, 0) is 6.42 Å². The molecule has 1 N–H and O–H groups in total. The number of ether oxygens (including phenoxy) is 2. The average molecular weight is 472 g/mol. The van der Waals surface area contributed by atoms with Crippen LogP contribution in [-0.4, -0.2) is 36.2 Å².